The van der Waals surface area contributed by atoms with E-state index in [9.17, 15) is 4.79 Å². The molecule has 0 aliphatic carbocycles. The van der Waals surface area contributed by atoms with Gasteiger partial charge in [0.25, 0.3) is 0 Å². The van der Waals surface area contributed by atoms with Crippen LogP contribution in [0.4, 0.5) is 5.69 Å². The van der Waals surface area contributed by atoms with Gasteiger partial charge in [-0.25, -0.2) is 0 Å². The summed E-state index contributed by atoms with van der Waals surface area (Å²) in [5.74, 6) is 0.799. The smallest absolute Gasteiger partial charge is 0.226 e. The molecule has 0 aliphatic heterocycles. The molecule has 4 heteroatoms. The number of anilines is 1. The van der Waals surface area contributed by atoms with E-state index in [2.05, 4.69) is 9.88 Å². The highest BCUT2D eigenvalue weighted by atomic mass is 16.5. The monoisotopic (exact) mass is 348 g/mol. The maximum Gasteiger partial charge on any atom is 0.226 e. The number of carbonyl (C=O) groups is 1. The molecule has 0 saturated carbocycles. The summed E-state index contributed by atoms with van der Waals surface area (Å²) in [6.45, 7) is 4.07. The molecule has 0 radical (unpaired) electrons. The Hall–Kier alpha value is -3.01. The van der Waals surface area contributed by atoms with Gasteiger partial charge in [-0.3, -0.25) is 4.79 Å². The van der Waals surface area contributed by atoms with E-state index in [4.69, 9.17) is 4.74 Å². The lowest BCUT2D eigenvalue weighted by Crippen LogP contribution is -2.20. The number of aryl methyl sites for hydroxylation is 1. The van der Waals surface area contributed by atoms with Crippen LogP contribution in [0.3, 0.4) is 0 Å². The second-order valence-electron chi connectivity index (χ2n) is 6.42. The minimum atomic E-state index is -0.0685. The molecule has 0 saturated heterocycles. The number of benzene rings is 2. The van der Waals surface area contributed by atoms with Crippen molar-refractivity contribution in [3.8, 4) is 5.75 Å². The number of nitrogens with zero attached hydrogens (tertiary/aromatic N) is 1. The van der Waals surface area contributed by atoms with Gasteiger partial charge in [0.15, 0.2) is 0 Å². The van der Waals surface area contributed by atoms with Crippen LogP contribution in [0.25, 0.3) is 0 Å². The van der Waals surface area contributed by atoms with Crippen LogP contribution >= 0.6 is 0 Å². The van der Waals surface area contributed by atoms with Gasteiger partial charge in [0, 0.05) is 18.1 Å². The van der Waals surface area contributed by atoms with Crippen molar-refractivity contribution in [1.82, 2.24) is 4.57 Å². The fourth-order valence-corrected chi connectivity index (χ4v) is 3.04. The molecule has 1 N–H and O–H groups in total. The highest BCUT2D eigenvalue weighted by molar-refractivity contribution is 5.92. The van der Waals surface area contributed by atoms with E-state index in [1.165, 1.54) is 5.56 Å². The van der Waals surface area contributed by atoms with E-state index in [0.717, 1.165) is 22.6 Å². The topological polar surface area (TPSA) is 43.3 Å². The lowest BCUT2D eigenvalue weighted by Gasteiger charge is -2.20. The maximum absolute atomic E-state index is 12.7. The van der Waals surface area contributed by atoms with Crippen LogP contribution in [0.15, 0.2) is 67.0 Å². The molecular formula is C22H24N2O2. The summed E-state index contributed by atoms with van der Waals surface area (Å²) in [4.78, 5) is 12.7. The van der Waals surface area contributed by atoms with E-state index in [-0.39, 0.29) is 11.9 Å². The second kappa shape index (κ2) is 7.91. The molecule has 1 unspecified atom stereocenters. The molecule has 1 atom stereocenters. The number of ether oxygens (including phenoxy) is 1. The number of methoxy groups -OCH3 is 1. The van der Waals surface area contributed by atoms with Crippen molar-refractivity contribution in [2.45, 2.75) is 26.3 Å². The quantitative estimate of drug-likeness (QED) is 0.700. The zero-order valence-corrected chi connectivity index (χ0v) is 15.4. The van der Waals surface area contributed by atoms with Crippen LogP contribution in [0, 0.1) is 13.8 Å². The van der Waals surface area contributed by atoms with Crippen LogP contribution in [0.2, 0.25) is 0 Å². The Labute approximate surface area is 154 Å². The minimum absolute atomic E-state index is 0.00628. The predicted molar refractivity (Wildman–Crippen MR) is 105 cm³/mol. The molecule has 0 aliphatic rings. The van der Waals surface area contributed by atoms with E-state index in [1.54, 1.807) is 7.11 Å². The molecule has 2 aromatic carbocycles. The lowest BCUT2D eigenvalue weighted by molar-refractivity contribution is -0.116. The summed E-state index contributed by atoms with van der Waals surface area (Å²) < 4.78 is 7.30. The van der Waals surface area contributed by atoms with E-state index in [1.807, 2.05) is 80.8 Å². The van der Waals surface area contributed by atoms with Gasteiger partial charge in [-0.15, -0.1) is 0 Å². The van der Waals surface area contributed by atoms with Gasteiger partial charge in [0.2, 0.25) is 5.91 Å². The van der Waals surface area contributed by atoms with Crippen molar-refractivity contribution in [2.24, 2.45) is 0 Å². The van der Waals surface area contributed by atoms with Gasteiger partial charge in [0.05, 0.1) is 19.6 Å². The Bertz CT molecular complexity index is 868. The number of nitrogens with one attached hydrogen (secondary N) is 1. The molecular weight excluding hydrogens is 324 g/mol. The van der Waals surface area contributed by atoms with Crippen molar-refractivity contribution < 1.29 is 9.53 Å². The summed E-state index contributed by atoms with van der Waals surface area (Å²) in [6.07, 6.45) is 4.33. The van der Waals surface area contributed by atoms with Gasteiger partial charge in [-0.1, -0.05) is 24.3 Å². The highest BCUT2D eigenvalue weighted by Crippen LogP contribution is 2.26. The van der Waals surface area contributed by atoms with Crippen LogP contribution in [-0.2, 0) is 4.79 Å². The summed E-state index contributed by atoms with van der Waals surface area (Å²) in [5.41, 5.74) is 4.21. The maximum atomic E-state index is 12.7. The Morgan fingerprint density at radius 2 is 1.73 bits per heavy atom. The summed E-state index contributed by atoms with van der Waals surface area (Å²) in [5, 5.41) is 3.06. The molecule has 0 spiro atoms. The second-order valence-corrected chi connectivity index (χ2v) is 6.42. The Morgan fingerprint density at radius 3 is 2.38 bits per heavy atom. The van der Waals surface area contributed by atoms with Crippen LogP contribution < -0.4 is 10.1 Å². The van der Waals surface area contributed by atoms with Gasteiger partial charge in [-0.2, -0.15) is 0 Å². The Morgan fingerprint density at radius 1 is 1.04 bits per heavy atom. The van der Waals surface area contributed by atoms with Crippen LogP contribution in [0.1, 0.15) is 29.2 Å². The standard InChI is InChI=1S/C22H24N2O2/c1-16-7-6-8-20(17(16)2)23-22(25)15-21(24-13-4-5-14-24)18-9-11-19(26-3)12-10-18/h4-14,21H,15H2,1-3H3,(H,23,25). The average molecular weight is 348 g/mol. The third-order valence-corrected chi connectivity index (χ3v) is 4.75. The first-order valence-corrected chi connectivity index (χ1v) is 8.71. The number of amides is 1. The summed E-state index contributed by atoms with van der Waals surface area (Å²) in [6, 6.07) is 17.7. The molecule has 134 valence electrons. The molecule has 3 aromatic rings. The SMILES string of the molecule is COc1ccc(C(CC(=O)Nc2cccc(C)c2C)n2cccc2)cc1. The molecule has 26 heavy (non-hydrogen) atoms. The average Bonchev–Trinajstić information content (AvgIpc) is 3.18. The Kier molecular flexibility index (Phi) is 5.42. The fraction of sp³-hybridized carbons (Fsp3) is 0.227. The largest absolute Gasteiger partial charge is 0.497 e. The van der Waals surface area contributed by atoms with Crippen molar-refractivity contribution in [2.75, 3.05) is 12.4 Å². The first kappa shape index (κ1) is 17.8. The fourth-order valence-electron chi connectivity index (χ4n) is 3.04. The zero-order valence-electron chi connectivity index (χ0n) is 15.4. The predicted octanol–water partition coefficient (Wildman–Crippen LogP) is 4.73. The highest BCUT2D eigenvalue weighted by Gasteiger charge is 2.18. The van der Waals surface area contributed by atoms with E-state index in [0.29, 0.717) is 6.42 Å². The molecule has 1 aromatic heterocycles. The third kappa shape index (κ3) is 3.97. The van der Waals surface area contributed by atoms with Crippen LogP contribution in [-0.4, -0.2) is 17.6 Å². The number of rotatable bonds is 6. The third-order valence-electron chi connectivity index (χ3n) is 4.75. The lowest BCUT2D eigenvalue weighted by atomic mass is 10.0. The Balaban J connectivity index is 1.81. The van der Waals surface area contributed by atoms with Gasteiger partial charge in [-0.05, 0) is 60.9 Å². The number of carbonyl (C=O) groups excluding carboxylic acids is 1. The molecule has 3 rings (SSSR count). The van der Waals surface area contributed by atoms with Crippen molar-refractivity contribution in [1.29, 1.82) is 0 Å². The normalized spacial score (nSPS) is 11.8. The van der Waals surface area contributed by atoms with Gasteiger partial charge < -0.3 is 14.6 Å². The molecule has 4 nitrogen and oxygen atoms in total. The van der Waals surface area contributed by atoms with Crippen molar-refractivity contribution in [3.63, 3.8) is 0 Å². The molecule has 0 bridgehead atoms. The van der Waals surface area contributed by atoms with E-state index < -0.39 is 0 Å². The number of aromatic nitrogens is 1. The summed E-state index contributed by atoms with van der Waals surface area (Å²) >= 11 is 0. The van der Waals surface area contributed by atoms with Crippen molar-refractivity contribution >= 4 is 11.6 Å². The molecule has 1 amide bonds. The number of hydrogen-bond donors (Lipinski definition) is 1. The van der Waals surface area contributed by atoms with Gasteiger partial charge >= 0.3 is 0 Å². The molecule has 1 heterocycles. The number of hydrogen-bond acceptors (Lipinski definition) is 2. The van der Waals surface area contributed by atoms with Crippen LogP contribution in [0.5, 0.6) is 5.75 Å². The minimum Gasteiger partial charge on any atom is -0.497 e. The first-order valence-electron chi connectivity index (χ1n) is 8.71. The van der Waals surface area contributed by atoms with Crippen molar-refractivity contribution in [3.05, 3.63) is 83.7 Å². The first-order chi connectivity index (χ1) is 12.6. The van der Waals surface area contributed by atoms with E-state index >= 15 is 0 Å². The summed E-state index contributed by atoms with van der Waals surface area (Å²) in [7, 11) is 1.65. The van der Waals surface area contributed by atoms with Gasteiger partial charge in [0.1, 0.15) is 5.75 Å². The molecule has 0 fully saturated rings. The zero-order chi connectivity index (χ0) is 18.5.